The van der Waals surface area contributed by atoms with E-state index in [2.05, 4.69) is 5.32 Å². The van der Waals surface area contributed by atoms with Crippen molar-refractivity contribution < 1.29 is 24.2 Å². The quantitative estimate of drug-likeness (QED) is 0.676. The van der Waals surface area contributed by atoms with E-state index in [9.17, 15) is 14.7 Å². The summed E-state index contributed by atoms with van der Waals surface area (Å²) in [4.78, 5) is 25.9. The first-order valence-electron chi connectivity index (χ1n) is 11.5. The summed E-state index contributed by atoms with van der Waals surface area (Å²) >= 11 is 0. The van der Waals surface area contributed by atoms with Gasteiger partial charge in [-0.25, -0.2) is 0 Å². The van der Waals surface area contributed by atoms with Crippen molar-refractivity contribution in [1.29, 1.82) is 0 Å². The summed E-state index contributed by atoms with van der Waals surface area (Å²) < 4.78 is 12.8. The molecule has 0 saturated carbocycles. The second-order valence-electron chi connectivity index (χ2n) is 9.58. The van der Waals surface area contributed by atoms with Crippen LogP contribution in [-0.2, 0) is 14.3 Å². The summed E-state index contributed by atoms with van der Waals surface area (Å²) in [5.41, 5.74) is 0.411. The van der Waals surface area contributed by atoms with Crippen LogP contribution in [0.3, 0.4) is 0 Å². The number of nitrogens with zero attached hydrogens (tertiary/aromatic N) is 1. The topological polar surface area (TPSA) is 88.1 Å². The summed E-state index contributed by atoms with van der Waals surface area (Å²) in [7, 11) is 0. The fourth-order valence-corrected chi connectivity index (χ4v) is 5.38. The second kappa shape index (κ2) is 8.69. The molecule has 1 aromatic rings. The minimum atomic E-state index is -0.498. The van der Waals surface area contributed by atoms with Crippen LogP contribution >= 0.6 is 0 Å². The zero-order valence-corrected chi connectivity index (χ0v) is 18.7. The van der Waals surface area contributed by atoms with E-state index in [1.807, 2.05) is 30.9 Å². The zero-order valence-electron chi connectivity index (χ0n) is 18.7. The van der Waals surface area contributed by atoms with Crippen LogP contribution in [0.1, 0.15) is 71.0 Å². The third-order valence-corrected chi connectivity index (χ3v) is 7.02. The molecule has 3 aliphatic heterocycles. The number of para-hydroxylation sites is 1. The Hall–Kier alpha value is -2.28. The van der Waals surface area contributed by atoms with E-state index in [0.717, 1.165) is 44.2 Å². The van der Waals surface area contributed by atoms with Crippen LogP contribution in [0.25, 0.3) is 0 Å². The molecule has 7 nitrogen and oxygen atoms in total. The molecule has 170 valence electrons. The van der Waals surface area contributed by atoms with Crippen LogP contribution in [0.15, 0.2) is 18.2 Å². The highest BCUT2D eigenvalue weighted by atomic mass is 16.5. The molecule has 7 heteroatoms. The number of likely N-dealkylation sites (tertiary alicyclic amines) is 1. The van der Waals surface area contributed by atoms with E-state index in [0.29, 0.717) is 18.7 Å². The maximum Gasteiger partial charge on any atom is 0.222 e. The highest BCUT2D eigenvalue weighted by Crippen LogP contribution is 2.54. The van der Waals surface area contributed by atoms with E-state index in [1.165, 1.54) is 6.92 Å². The van der Waals surface area contributed by atoms with E-state index < -0.39 is 5.60 Å². The number of hydrogen-bond acceptors (Lipinski definition) is 5. The van der Waals surface area contributed by atoms with Crippen molar-refractivity contribution in [3.8, 4) is 11.5 Å². The number of fused-ring (bicyclic) bond motifs is 4. The molecule has 0 bridgehead atoms. The number of ether oxygens (including phenoxy) is 2. The molecule has 31 heavy (non-hydrogen) atoms. The molecule has 0 aromatic heterocycles. The van der Waals surface area contributed by atoms with Crippen LogP contribution in [0.4, 0.5) is 0 Å². The molecule has 0 aliphatic carbocycles. The van der Waals surface area contributed by atoms with Gasteiger partial charge in [0.15, 0.2) is 11.5 Å². The van der Waals surface area contributed by atoms with Crippen molar-refractivity contribution in [1.82, 2.24) is 10.2 Å². The molecule has 4 atom stereocenters. The average molecular weight is 431 g/mol. The maximum atomic E-state index is 12.9. The number of aromatic hydroxyl groups is 1. The minimum Gasteiger partial charge on any atom is -0.504 e. The van der Waals surface area contributed by atoms with E-state index in [4.69, 9.17) is 9.47 Å². The van der Waals surface area contributed by atoms with Gasteiger partial charge < -0.3 is 24.8 Å². The Morgan fingerprint density at radius 3 is 2.84 bits per heavy atom. The maximum absolute atomic E-state index is 12.9. The monoisotopic (exact) mass is 430 g/mol. The van der Waals surface area contributed by atoms with Gasteiger partial charge in [-0.1, -0.05) is 18.6 Å². The molecule has 3 aliphatic rings. The molecule has 2 fully saturated rings. The van der Waals surface area contributed by atoms with Gasteiger partial charge in [0, 0.05) is 37.9 Å². The number of benzene rings is 1. The Bertz CT molecular complexity index is 839. The van der Waals surface area contributed by atoms with Gasteiger partial charge in [0.05, 0.1) is 18.2 Å². The molecule has 2 amide bonds. The molecule has 0 unspecified atom stereocenters. The number of phenols is 1. The molecule has 2 saturated heterocycles. The summed E-state index contributed by atoms with van der Waals surface area (Å²) in [6, 6.07) is 5.53. The van der Waals surface area contributed by atoms with Crippen molar-refractivity contribution in [2.24, 2.45) is 5.92 Å². The Morgan fingerprint density at radius 2 is 2.06 bits per heavy atom. The first-order valence-corrected chi connectivity index (χ1v) is 11.5. The molecule has 1 aromatic carbocycles. The summed E-state index contributed by atoms with van der Waals surface area (Å²) in [5, 5.41) is 13.1. The van der Waals surface area contributed by atoms with Crippen molar-refractivity contribution >= 4 is 11.8 Å². The van der Waals surface area contributed by atoms with Gasteiger partial charge in [0.1, 0.15) is 5.60 Å². The highest BCUT2D eigenvalue weighted by Gasteiger charge is 2.54. The minimum absolute atomic E-state index is 0.0118. The number of amides is 2. The summed E-state index contributed by atoms with van der Waals surface area (Å²) in [6.45, 7) is 7.00. The second-order valence-corrected chi connectivity index (χ2v) is 9.58. The molecule has 3 heterocycles. The lowest BCUT2D eigenvalue weighted by atomic mass is 9.74. The molecular formula is C24H34N2O5. The van der Waals surface area contributed by atoms with E-state index in [1.54, 1.807) is 6.07 Å². The van der Waals surface area contributed by atoms with Crippen molar-refractivity contribution in [3.63, 3.8) is 0 Å². The number of rotatable bonds is 6. The van der Waals surface area contributed by atoms with Gasteiger partial charge in [-0.15, -0.1) is 0 Å². The van der Waals surface area contributed by atoms with Crippen LogP contribution in [0, 0.1) is 5.92 Å². The number of unbranched alkanes of at least 4 members (excludes halogenated alkanes) is 2. The fraction of sp³-hybridized carbons (Fsp3) is 0.667. The van der Waals surface area contributed by atoms with E-state index in [-0.39, 0.29) is 41.7 Å². The predicted octanol–water partition coefficient (Wildman–Crippen LogP) is 3.31. The first-order chi connectivity index (χ1) is 14.8. The SMILES string of the molecule is CC(=O)NCCCCCC(=O)N1CC[C@@H]2O[C@@H]3c4cccc(O)c4OC(C)(C)[C@H]3C[C@@H]21. The molecule has 2 N–H and O–H groups in total. The van der Waals surface area contributed by atoms with Gasteiger partial charge in [-0.05, 0) is 45.6 Å². The number of carbonyl (C=O) groups excluding carboxylic acids is 2. The third-order valence-electron chi connectivity index (χ3n) is 7.02. The molecule has 0 radical (unpaired) electrons. The summed E-state index contributed by atoms with van der Waals surface area (Å²) in [6.07, 6.45) is 4.77. The van der Waals surface area contributed by atoms with Crippen LogP contribution in [0.2, 0.25) is 0 Å². The fourth-order valence-electron chi connectivity index (χ4n) is 5.38. The lowest BCUT2D eigenvalue weighted by molar-refractivity contribution is -0.168. The number of carbonyl (C=O) groups is 2. The highest BCUT2D eigenvalue weighted by molar-refractivity contribution is 5.77. The Balaban J connectivity index is 1.39. The Morgan fingerprint density at radius 1 is 1.26 bits per heavy atom. The van der Waals surface area contributed by atoms with Crippen LogP contribution < -0.4 is 10.1 Å². The average Bonchev–Trinajstić information content (AvgIpc) is 3.13. The summed E-state index contributed by atoms with van der Waals surface area (Å²) in [5.74, 6) is 0.965. The van der Waals surface area contributed by atoms with E-state index >= 15 is 0 Å². The number of phenolic OH excluding ortho intramolecular Hbond substituents is 1. The van der Waals surface area contributed by atoms with Gasteiger partial charge in [-0.2, -0.15) is 0 Å². The normalized spacial score (nSPS) is 28.2. The van der Waals surface area contributed by atoms with Crippen molar-refractivity contribution in [2.75, 3.05) is 13.1 Å². The number of hydrogen-bond donors (Lipinski definition) is 2. The Labute approximate surface area is 184 Å². The standard InChI is InChI=1S/C24H34N2O5/c1-15(27)25-12-6-4-5-10-21(29)26-13-11-20-18(26)14-17-22(30-20)16-8-7-9-19(28)23(16)31-24(17,2)3/h7-9,17-18,20,22,28H,4-6,10-14H2,1-3H3,(H,25,27)/t17-,18-,20-,22+/m0/s1. The molecular weight excluding hydrogens is 396 g/mol. The van der Waals surface area contributed by atoms with Crippen LogP contribution in [0.5, 0.6) is 11.5 Å². The zero-order chi connectivity index (χ0) is 22.2. The lowest BCUT2D eigenvalue weighted by Gasteiger charge is -2.50. The predicted molar refractivity (Wildman–Crippen MR) is 116 cm³/mol. The third kappa shape index (κ3) is 4.38. The van der Waals surface area contributed by atoms with Crippen molar-refractivity contribution in [3.05, 3.63) is 23.8 Å². The van der Waals surface area contributed by atoms with Gasteiger partial charge in [-0.3, -0.25) is 9.59 Å². The molecule has 0 spiro atoms. The largest absolute Gasteiger partial charge is 0.504 e. The lowest BCUT2D eigenvalue weighted by Crippen LogP contribution is -2.54. The van der Waals surface area contributed by atoms with Gasteiger partial charge >= 0.3 is 0 Å². The van der Waals surface area contributed by atoms with Gasteiger partial charge in [0.25, 0.3) is 0 Å². The van der Waals surface area contributed by atoms with Crippen molar-refractivity contribution in [2.45, 2.75) is 83.1 Å². The van der Waals surface area contributed by atoms with Crippen LogP contribution in [-0.4, -0.2) is 52.7 Å². The first kappa shape index (κ1) is 21.9. The Kier molecular flexibility index (Phi) is 6.15. The molecule has 4 rings (SSSR count). The smallest absolute Gasteiger partial charge is 0.222 e. The number of nitrogens with one attached hydrogen (secondary N) is 1. The van der Waals surface area contributed by atoms with Gasteiger partial charge in [0.2, 0.25) is 11.8 Å².